The summed E-state index contributed by atoms with van der Waals surface area (Å²) in [5.41, 5.74) is 0. The molecule has 0 aromatic rings. The van der Waals surface area contributed by atoms with Crippen LogP contribution in [0.15, 0.2) is 4.99 Å². The zero-order valence-corrected chi connectivity index (χ0v) is 19.8. The van der Waals surface area contributed by atoms with E-state index in [-0.39, 0.29) is 6.04 Å². The monoisotopic (exact) mass is 420 g/mol. The lowest BCUT2D eigenvalue weighted by atomic mass is 10.0. The first-order valence-corrected chi connectivity index (χ1v) is 12.2. The maximum atomic E-state index is 12.7. The van der Waals surface area contributed by atoms with Gasteiger partial charge in [-0.15, -0.1) is 0 Å². The third-order valence-corrected chi connectivity index (χ3v) is 6.99. The molecule has 0 bridgehead atoms. The van der Waals surface area contributed by atoms with Gasteiger partial charge < -0.3 is 15.1 Å². The van der Waals surface area contributed by atoms with Crippen molar-refractivity contribution >= 4 is 11.9 Å². The summed E-state index contributed by atoms with van der Waals surface area (Å²) in [6, 6.07) is 0.601. The van der Waals surface area contributed by atoms with Gasteiger partial charge in [0, 0.05) is 65.4 Å². The lowest BCUT2D eigenvalue weighted by Crippen LogP contribution is -2.58. The summed E-state index contributed by atoms with van der Waals surface area (Å²) >= 11 is 0. The number of nitrogens with one attached hydrogen (secondary N) is 1. The molecule has 3 fully saturated rings. The fourth-order valence-corrected chi connectivity index (χ4v) is 5.22. The number of amides is 1. The summed E-state index contributed by atoms with van der Waals surface area (Å²) < 4.78 is 0. The van der Waals surface area contributed by atoms with E-state index in [1.807, 2.05) is 11.9 Å². The molecule has 0 radical (unpaired) electrons. The van der Waals surface area contributed by atoms with Crippen molar-refractivity contribution in [3.63, 3.8) is 0 Å². The van der Waals surface area contributed by atoms with Crippen molar-refractivity contribution in [2.45, 2.75) is 65.0 Å². The second-order valence-corrected chi connectivity index (χ2v) is 9.70. The van der Waals surface area contributed by atoms with E-state index >= 15 is 0 Å². The third kappa shape index (κ3) is 6.10. The number of aliphatic imine (C=N–C) groups is 1. The van der Waals surface area contributed by atoms with E-state index in [1.54, 1.807) is 0 Å². The number of piperidine rings is 1. The Balaban J connectivity index is 1.46. The lowest BCUT2D eigenvalue weighted by molar-refractivity contribution is -0.135. The van der Waals surface area contributed by atoms with Crippen LogP contribution in [-0.4, -0.2) is 110 Å². The molecule has 1 amide bonds. The fourth-order valence-electron chi connectivity index (χ4n) is 5.22. The highest BCUT2D eigenvalue weighted by Crippen LogP contribution is 2.18. The van der Waals surface area contributed by atoms with Gasteiger partial charge in [0.2, 0.25) is 5.91 Å². The quantitative estimate of drug-likeness (QED) is 0.524. The van der Waals surface area contributed by atoms with Gasteiger partial charge in [-0.2, -0.15) is 0 Å². The number of rotatable bonds is 6. The molecule has 3 heterocycles. The molecule has 1 N–H and O–H groups in total. The van der Waals surface area contributed by atoms with Gasteiger partial charge in [-0.3, -0.25) is 19.6 Å². The molecule has 3 aliphatic rings. The van der Waals surface area contributed by atoms with Crippen molar-refractivity contribution in [2.24, 2.45) is 10.9 Å². The number of hydrogen-bond acceptors (Lipinski definition) is 4. The largest absolute Gasteiger partial charge is 0.355 e. The smallest absolute Gasteiger partial charge is 0.239 e. The molecule has 0 aromatic carbocycles. The lowest BCUT2D eigenvalue weighted by Gasteiger charge is -2.41. The van der Waals surface area contributed by atoms with E-state index in [4.69, 9.17) is 0 Å². The minimum atomic E-state index is -0.00736. The zero-order chi connectivity index (χ0) is 21.5. The summed E-state index contributed by atoms with van der Waals surface area (Å²) in [6.45, 7) is 15.7. The summed E-state index contributed by atoms with van der Waals surface area (Å²) in [5.74, 6) is 2.04. The Morgan fingerprint density at radius 2 is 1.60 bits per heavy atom. The molecule has 0 saturated carbocycles. The Hall–Kier alpha value is -1.34. The molecule has 172 valence electrons. The van der Waals surface area contributed by atoms with Crippen molar-refractivity contribution in [1.82, 2.24) is 24.9 Å². The van der Waals surface area contributed by atoms with Gasteiger partial charge in [-0.25, -0.2) is 0 Å². The minimum Gasteiger partial charge on any atom is -0.355 e. The van der Waals surface area contributed by atoms with Gasteiger partial charge in [0.15, 0.2) is 5.96 Å². The molecular formula is C23H44N6O. The van der Waals surface area contributed by atoms with Gasteiger partial charge in [-0.05, 0) is 45.1 Å². The van der Waals surface area contributed by atoms with E-state index < -0.39 is 0 Å². The van der Waals surface area contributed by atoms with Gasteiger partial charge in [0.25, 0.3) is 0 Å². The van der Waals surface area contributed by atoms with Gasteiger partial charge >= 0.3 is 0 Å². The van der Waals surface area contributed by atoms with Crippen molar-refractivity contribution < 1.29 is 4.79 Å². The number of likely N-dealkylation sites (tertiary alicyclic amines) is 2. The SMILES string of the molecule is CN=C(NCC1CCCCN1CC(C)C)N1CCN(C(C)C(=O)N2CCCC2)CC1. The minimum absolute atomic E-state index is 0.00736. The van der Waals surface area contributed by atoms with Gasteiger partial charge in [0.05, 0.1) is 6.04 Å². The normalized spacial score (nSPS) is 25.8. The van der Waals surface area contributed by atoms with Crippen LogP contribution < -0.4 is 5.32 Å². The summed E-state index contributed by atoms with van der Waals surface area (Å²) in [5, 5.41) is 3.66. The first-order valence-electron chi connectivity index (χ1n) is 12.2. The van der Waals surface area contributed by atoms with Crippen LogP contribution in [-0.2, 0) is 4.79 Å². The van der Waals surface area contributed by atoms with Crippen LogP contribution in [0.5, 0.6) is 0 Å². The molecule has 30 heavy (non-hydrogen) atoms. The number of piperazine rings is 1. The highest BCUT2D eigenvalue weighted by Gasteiger charge is 2.31. The van der Waals surface area contributed by atoms with Crippen molar-refractivity contribution in [2.75, 3.05) is 66.0 Å². The first-order chi connectivity index (χ1) is 14.5. The molecule has 2 atom stereocenters. The maximum absolute atomic E-state index is 12.7. The Morgan fingerprint density at radius 1 is 0.933 bits per heavy atom. The van der Waals surface area contributed by atoms with Crippen LogP contribution in [0.2, 0.25) is 0 Å². The molecule has 3 rings (SSSR count). The molecule has 2 unspecified atom stereocenters. The highest BCUT2D eigenvalue weighted by atomic mass is 16.2. The van der Waals surface area contributed by atoms with Gasteiger partial charge in [0.1, 0.15) is 0 Å². The number of hydrogen-bond donors (Lipinski definition) is 1. The highest BCUT2D eigenvalue weighted by molar-refractivity contribution is 5.82. The first kappa shape index (κ1) is 23.3. The Morgan fingerprint density at radius 3 is 2.23 bits per heavy atom. The number of guanidine groups is 1. The molecule has 3 saturated heterocycles. The zero-order valence-electron chi connectivity index (χ0n) is 19.8. The van der Waals surface area contributed by atoms with Crippen LogP contribution in [0.3, 0.4) is 0 Å². The molecule has 0 aromatic heterocycles. The second kappa shape index (κ2) is 11.3. The molecule has 7 heteroatoms. The van der Waals surface area contributed by atoms with Crippen molar-refractivity contribution in [3.8, 4) is 0 Å². The Bertz CT molecular complexity index is 566. The molecule has 7 nitrogen and oxygen atoms in total. The summed E-state index contributed by atoms with van der Waals surface area (Å²) in [4.78, 5) is 26.7. The van der Waals surface area contributed by atoms with Crippen LogP contribution in [0.25, 0.3) is 0 Å². The Kier molecular flexibility index (Phi) is 8.81. The molecule has 0 spiro atoms. The number of carbonyl (C=O) groups is 1. The van der Waals surface area contributed by atoms with Crippen LogP contribution in [0.4, 0.5) is 0 Å². The third-order valence-electron chi connectivity index (χ3n) is 6.99. The van der Waals surface area contributed by atoms with Crippen molar-refractivity contribution in [1.29, 1.82) is 0 Å². The van der Waals surface area contributed by atoms with Crippen molar-refractivity contribution in [3.05, 3.63) is 0 Å². The summed E-state index contributed by atoms with van der Waals surface area (Å²) in [6.07, 6.45) is 6.25. The van der Waals surface area contributed by atoms with Crippen LogP contribution in [0, 0.1) is 5.92 Å². The Labute approximate surface area is 183 Å². The topological polar surface area (TPSA) is 54.4 Å². The second-order valence-electron chi connectivity index (χ2n) is 9.70. The van der Waals surface area contributed by atoms with Gasteiger partial charge in [-0.1, -0.05) is 20.3 Å². The molecular weight excluding hydrogens is 376 g/mol. The fraction of sp³-hybridized carbons (Fsp3) is 0.913. The number of carbonyl (C=O) groups excluding carboxylic acids is 1. The maximum Gasteiger partial charge on any atom is 0.239 e. The van der Waals surface area contributed by atoms with E-state index in [1.165, 1.54) is 32.4 Å². The predicted molar refractivity (Wildman–Crippen MR) is 124 cm³/mol. The predicted octanol–water partition coefficient (Wildman–Crippen LogP) is 1.70. The van der Waals surface area contributed by atoms with E-state index in [2.05, 4.69) is 45.8 Å². The van der Waals surface area contributed by atoms with E-state index in [0.29, 0.717) is 17.9 Å². The average Bonchev–Trinajstić information content (AvgIpc) is 3.29. The van der Waals surface area contributed by atoms with Crippen LogP contribution in [0.1, 0.15) is 52.9 Å². The number of nitrogens with zero attached hydrogens (tertiary/aromatic N) is 5. The standard InChI is InChI=1S/C23H44N6O/c1-19(2)18-29-12-6-5-9-21(29)17-25-23(24-4)28-15-13-26(14-16-28)20(3)22(30)27-10-7-8-11-27/h19-21H,5-18H2,1-4H3,(H,24,25). The molecule has 3 aliphatic heterocycles. The summed E-state index contributed by atoms with van der Waals surface area (Å²) in [7, 11) is 1.89. The van der Waals surface area contributed by atoms with E-state index in [0.717, 1.165) is 64.6 Å². The average molecular weight is 421 g/mol. The molecule has 0 aliphatic carbocycles. The van der Waals surface area contributed by atoms with E-state index in [9.17, 15) is 4.79 Å². The van der Waals surface area contributed by atoms with Crippen LogP contribution >= 0.6 is 0 Å².